The first-order valence-electron chi connectivity index (χ1n) is 7.47. The van der Waals surface area contributed by atoms with Gasteiger partial charge in [0.1, 0.15) is 0 Å². The van der Waals surface area contributed by atoms with Gasteiger partial charge in [0, 0.05) is 36.3 Å². The van der Waals surface area contributed by atoms with E-state index in [2.05, 4.69) is 0 Å². The number of carboxylic acid groups (broad SMARTS) is 3. The van der Waals surface area contributed by atoms with E-state index in [0.29, 0.717) is 19.3 Å². The Labute approximate surface area is 143 Å². The molecule has 0 rings (SSSR count). The number of hydrogen-bond donors (Lipinski definition) is 3. The third-order valence-electron chi connectivity index (χ3n) is 2.23. The van der Waals surface area contributed by atoms with E-state index in [1.807, 2.05) is 20.8 Å². The number of carbonyl (C=O) groups is 3. The van der Waals surface area contributed by atoms with E-state index in [1.54, 1.807) is 0 Å². The first-order valence-corrected chi connectivity index (χ1v) is 7.47. The first-order chi connectivity index (χ1) is 9.81. The van der Waals surface area contributed by atoms with Crippen LogP contribution in [0.3, 0.4) is 0 Å². The Bertz CT molecular complexity index is 226. The Morgan fingerprint density at radius 2 is 0.773 bits per heavy atom. The number of hydrogen-bond acceptors (Lipinski definition) is 3. The second-order valence-corrected chi connectivity index (χ2v) is 4.49. The van der Waals surface area contributed by atoms with Crippen molar-refractivity contribution >= 4 is 17.9 Å². The van der Waals surface area contributed by atoms with Crippen molar-refractivity contribution in [3.8, 4) is 0 Å². The summed E-state index contributed by atoms with van der Waals surface area (Å²) in [6, 6.07) is 0. The van der Waals surface area contributed by atoms with E-state index in [-0.39, 0.29) is 17.1 Å². The molecule has 0 unspecified atom stereocenters. The molecule has 22 heavy (non-hydrogen) atoms. The van der Waals surface area contributed by atoms with Crippen LogP contribution < -0.4 is 0 Å². The molecule has 0 amide bonds. The van der Waals surface area contributed by atoms with Crippen molar-refractivity contribution in [2.75, 3.05) is 0 Å². The molecule has 0 saturated heterocycles. The van der Waals surface area contributed by atoms with Crippen LogP contribution in [0.25, 0.3) is 0 Å². The molecule has 7 heteroatoms. The standard InChI is InChI=1S/3C5H10O2.Fe/c3*1-2-3-4-5(6)7;/h3*2-4H2,1H3,(H,6,7);. The van der Waals surface area contributed by atoms with Crippen LogP contribution in [0.15, 0.2) is 0 Å². The zero-order valence-electron chi connectivity index (χ0n) is 13.8. The van der Waals surface area contributed by atoms with Gasteiger partial charge in [0.2, 0.25) is 0 Å². The zero-order chi connectivity index (χ0) is 17.1. The van der Waals surface area contributed by atoms with Crippen LogP contribution in [-0.2, 0) is 31.5 Å². The minimum atomic E-state index is -0.693. The van der Waals surface area contributed by atoms with Gasteiger partial charge in [0.25, 0.3) is 0 Å². The van der Waals surface area contributed by atoms with Gasteiger partial charge in [0.15, 0.2) is 0 Å². The molecule has 0 aliphatic rings. The quantitative estimate of drug-likeness (QED) is 0.538. The monoisotopic (exact) mass is 362 g/mol. The van der Waals surface area contributed by atoms with Gasteiger partial charge < -0.3 is 15.3 Å². The molecule has 0 bridgehead atoms. The Kier molecular flexibility index (Phi) is 32.8. The Morgan fingerprint density at radius 1 is 0.591 bits per heavy atom. The van der Waals surface area contributed by atoms with E-state index in [9.17, 15) is 14.4 Å². The van der Waals surface area contributed by atoms with Gasteiger partial charge in [-0.1, -0.05) is 40.0 Å². The molecule has 0 saturated carbocycles. The summed E-state index contributed by atoms with van der Waals surface area (Å²) in [5, 5.41) is 24.1. The van der Waals surface area contributed by atoms with Crippen molar-refractivity contribution in [2.45, 2.75) is 78.6 Å². The number of unbranched alkanes of at least 4 members (excludes halogenated alkanes) is 3. The first kappa shape index (κ1) is 29.0. The van der Waals surface area contributed by atoms with Gasteiger partial charge in [-0.3, -0.25) is 14.4 Å². The van der Waals surface area contributed by atoms with Crippen LogP contribution in [0.2, 0.25) is 0 Å². The van der Waals surface area contributed by atoms with Crippen LogP contribution in [0, 0.1) is 0 Å². The molecule has 3 N–H and O–H groups in total. The molecule has 0 aliphatic carbocycles. The number of aliphatic carboxylic acids is 3. The SMILES string of the molecule is CCCCC(=O)O.CCCCC(=O)O.CCCCC(=O)O.[Fe]. The van der Waals surface area contributed by atoms with Crippen LogP contribution in [-0.4, -0.2) is 33.2 Å². The van der Waals surface area contributed by atoms with Gasteiger partial charge in [-0.2, -0.15) is 0 Å². The van der Waals surface area contributed by atoms with E-state index in [4.69, 9.17) is 15.3 Å². The summed E-state index contributed by atoms with van der Waals surface area (Å²) in [5.74, 6) is -2.08. The molecule has 0 aromatic heterocycles. The maximum Gasteiger partial charge on any atom is 0.303 e. The van der Waals surface area contributed by atoms with Crippen molar-refractivity contribution in [2.24, 2.45) is 0 Å². The zero-order valence-corrected chi connectivity index (χ0v) is 14.9. The molecule has 0 aliphatic heterocycles. The maximum absolute atomic E-state index is 9.76. The molecular weight excluding hydrogens is 332 g/mol. The molecule has 0 atom stereocenters. The van der Waals surface area contributed by atoms with Gasteiger partial charge in [-0.25, -0.2) is 0 Å². The summed E-state index contributed by atoms with van der Waals surface area (Å²) in [7, 11) is 0. The Hall–Kier alpha value is -1.07. The maximum atomic E-state index is 9.76. The average molecular weight is 362 g/mol. The third kappa shape index (κ3) is 50.9. The Morgan fingerprint density at radius 3 is 0.818 bits per heavy atom. The number of rotatable bonds is 9. The molecule has 0 fully saturated rings. The summed E-state index contributed by atoms with van der Waals surface area (Å²) in [6.07, 6.45) is 6.24. The summed E-state index contributed by atoms with van der Waals surface area (Å²) in [4.78, 5) is 29.3. The normalized spacial score (nSPS) is 8.32. The predicted octanol–water partition coefficient (Wildman–Crippen LogP) is 3.78. The minimum absolute atomic E-state index is 0. The summed E-state index contributed by atoms with van der Waals surface area (Å²) in [5.41, 5.74) is 0. The second-order valence-electron chi connectivity index (χ2n) is 4.49. The molecule has 0 aromatic carbocycles. The molecule has 0 aromatic rings. The van der Waals surface area contributed by atoms with Crippen LogP contribution in [0.5, 0.6) is 0 Å². The van der Waals surface area contributed by atoms with E-state index >= 15 is 0 Å². The largest absolute Gasteiger partial charge is 0.481 e. The van der Waals surface area contributed by atoms with Gasteiger partial charge in [0.05, 0.1) is 0 Å². The van der Waals surface area contributed by atoms with Crippen molar-refractivity contribution in [1.29, 1.82) is 0 Å². The second kappa shape index (κ2) is 24.9. The van der Waals surface area contributed by atoms with Gasteiger partial charge in [-0.05, 0) is 19.3 Å². The van der Waals surface area contributed by atoms with Gasteiger partial charge in [-0.15, -0.1) is 0 Å². The molecule has 0 heterocycles. The van der Waals surface area contributed by atoms with Crippen LogP contribution >= 0.6 is 0 Å². The van der Waals surface area contributed by atoms with E-state index < -0.39 is 17.9 Å². The molecule has 6 nitrogen and oxygen atoms in total. The van der Waals surface area contributed by atoms with Crippen molar-refractivity contribution in [3.05, 3.63) is 0 Å². The average Bonchev–Trinajstić information content (AvgIpc) is 2.41. The van der Waals surface area contributed by atoms with Crippen molar-refractivity contribution in [1.82, 2.24) is 0 Å². The minimum Gasteiger partial charge on any atom is -0.481 e. The van der Waals surface area contributed by atoms with Crippen molar-refractivity contribution < 1.29 is 46.8 Å². The van der Waals surface area contributed by atoms with Crippen molar-refractivity contribution in [3.63, 3.8) is 0 Å². The fourth-order valence-electron chi connectivity index (χ4n) is 0.984. The van der Waals surface area contributed by atoms with Crippen LogP contribution in [0.1, 0.15) is 78.6 Å². The summed E-state index contributed by atoms with van der Waals surface area (Å²) in [6.45, 7) is 5.93. The molecular formula is C15H30FeO6. The number of carboxylic acids is 3. The smallest absolute Gasteiger partial charge is 0.303 e. The molecule has 0 spiro atoms. The molecule has 134 valence electrons. The van der Waals surface area contributed by atoms with Crippen LogP contribution in [0.4, 0.5) is 0 Å². The Balaban J connectivity index is -0.000000108. The molecule has 0 radical (unpaired) electrons. The fourth-order valence-corrected chi connectivity index (χ4v) is 0.984. The van der Waals surface area contributed by atoms with E-state index in [1.165, 1.54) is 0 Å². The predicted molar refractivity (Wildman–Crippen MR) is 81.5 cm³/mol. The summed E-state index contributed by atoms with van der Waals surface area (Å²) < 4.78 is 0. The van der Waals surface area contributed by atoms with E-state index in [0.717, 1.165) is 38.5 Å². The third-order valence-corrected chi connectivity index (χ3v) is 2.23. The topological polar surface area (TPSA) is 112 Å². The fraction of sp³-hybridized carbons (Fsp3) is 0.800. The summed E-state index contributed by atoms with van der Waals surface area (Å²) >= 11 is 0. The van der Waals surface area contributed by atoms with Gasteiger partial charge >= 0.3 is 17.9 Å².